The zero-order valence-electron chi connectivity index (χ0n) is 13.6. The molecule has 1 heterocycles. The van der Waals surface area contributed by atoms with Crippen LogP contribution >= 0.6 is 0 Å². The summed E-state index contributed by atoms with van der Waals surface area (Å²) in [7, 11) is 0. The van der Waals surface area contributed by atoms with Gasteiger partial charge in [0.15, 0.2) is 0 Å². The monoisotopic (exact) mass is 360 g/mol. The molecule has 1 fully saturated rings. The number of carbonyl (C=O) groups excluding carboxylic acids is 2. The number of nitrogens with zero attached hydrogens (tertiary/aromatic N) is 1. The molecule has 0 bridgehead atoms. The highest BCUT2D eigenvalue weighted by atomic mass is 19.4. The molecule has 1 atom stereocenters. The molecule has 134 valence electrons. The van der Waals surface area contributed by atoms with E-state index in [-0.39, 0.29) is 5.56 Å². The van der Waals surface area contributed by atoms with Crippen LogP contribution in [0, 0.1) is 0 Å². The topological polar surface area (TPSA) is 49.4 Å². The first-order chi connectivity index (χ1) is 12.3. The molecule has 2 aromatic rings. The minimum atomic E-state index is -4.55. The van der Waals surface area contributed by atoms with Gasteiger partial charge in [0.2, 0.25) is 0 Å². The normalized spacial score (nSPS) is 22.0. The van der Waals surface area contributed by atoms with E-state index >= 15 is 0 Å². The number of imide groups is 1. The van der Waals surface area contributed by atoms with Crippen LogP contribution in [0.25, 0.3) is 0 Å². The average molecular weight is 360 g/mol. The Morgan fingerprint density at radius 2 is 1.73 bits per heavy atom. The van der Waals surface area contributed by atoms with Crippen molar-refractivity contribution in [2.75, 3.05) is 0 Å². The molecule has 1 aliphatic heterocycles. The quantitative estimate of drug-likeness (QED) is 0.832. The number of hydrogen-bond acceptors (Lipinski definition) is 2. The van der Waals surface area contributed by atoms with Crippen LogP contribution in [0.3, 0.4) is 0 Å². The maximum Gasteiger partial charge on any atom is 0.416 e. The van der Waals surface area contributed by atoms with Crippen LogP contribution < -0.4 is 5.32 Å². The van der Waals surface area contributed by atoms with E-state index in [1.165, 1.54) is 18.2 Å². The second-order valence-corrected chi connectivity index (χ2v) is 6.54. The Kier molecular flexibility index (Phi) is 3.57. The third-order valence-electron chi connectivity index (χ3n) is 5.07. The highest BCUT2D eigenvalue weighted by molar-refractivity contribution is 6.08. The van der Waals surface area contributed by atoms with Crippen molar-refractivity contribution in [3.63, 3.8) is 0 Å². The number of halogens is 3. The van der Waals surface area contributed by atoms with Crippen molar-refractivity contribution < 1.29 is 22.8 Å². The van der Waals surface area contributed by atoms with E-state index in [9.17, 15) is 22.8 Å². The molecule has 1 N–H and O–H groups in total. The molecule has 2 aliphatic rings. The number of aryl methyl sites for hydroxylation is 1. The first kappa shape index (κ1) is 16.6. The predicted molar refractivity (Wildman–Crippen MR) is 87.0 cm³/mol. The molecule has 0 radical (unpaired) electrons. The smallest absolute Gasteiger partial charge is 0.319 e. The Labute approximate surface area is 147 Å². The van der Waals surface area contributed by atoms with E-state index in [0.29, 0.717) is 12.8 Å². The van der Waals surface area contributed by atoms with Gasteiger partial charge in [-0.3, -0.25) is 9.69 Å². The van der Waals surface area contributed by atoms with Gasteiger partial charge < -0.3 is 5.32 Å². The summed E-state index contributed by atoms with van der Waals surface area (Å²) in [6.45, 7) is -0.412. The highest BCUT2D eigenvalue weighted by Gasteiger charge is 2.55. The van der Waals surface area contributed by atoms with Crippen molar-refractivity contribution in [2.45, 2.75) is 31.1 Å². The lowest BCUT2D eigenvalue weighted by Gasteiger charge is -2.22. The molecule has 0 aromatic heterocycles. The summed E-state index contributed by atoms with van der Waals surface area (Å²) in [4.78, 5) is 26.3. The Bertz CT molecular complexity index is 910. The molecule has 1 unspecified atom stereocenters. The van der Waals surface area contributed by atoms with Crippen molar-refractivity contribution in [3.8, 4) is 0 Å². The second kappa shape index (κ2) is 5.59. The lowest BCUT2D eigenvalue weighted by atomic mass is 9.91. The average Bonchev–Trinajstić information content (AvgIpc) is 3.09. The van der Waals surface area contributed by atoms with E-state index in [2.05, 4.69) is 5.32 Å². The van der Waals surface area contributed by atoms with Gasteiger partial charge in [-0.25, -0.2) is 4.79 Å². The van der Waals surface area contributed by atoms with Gasteiger partial charge in [0.1, 0.15) is 5.54 Å². The fourth-order valence-electron chi connectivity index (χ4n) is 3.84. The van der Waals surface area contributed by atoms with Crippen LogP contribution in [0.5, 0.6) is 0 Å². The van der Waals surface area contributed by atoms with E-state index < -0.39 is 35.8 Å². The molecule has 26 heavy (non-hydrogen) atoms. The van der Waals surface area contributed by atoms with Gasteiger partial charge in [-0.2, -0.15) is 13.2 Å². The fraction of sp³-hybridized carbons (Fsp3) is 0.263. The van der Waals surface area contributed by atoms with E-state index in [1.54, 1.807) is 12.1 Å². The number of fused-ring (bicyclic) bond motifs is 2. The van der Waals surface area contributed by atoms with Gasteiger partial charge in [0.25, 0.3) is 5.91 Å². The first-order valence-corrected chi connectivity index (χ1v) is 8.20. The van der Waals surface area contributed by atoms with Gasteiger partial charge in [-0.1, -0.05) is 42.5 Å². The van der Waals surface area contributed by atoms with Crippen LogP contribution in [0.1, 0.15) is 28.7 Å². The molecule has 3 amide bonds. The third-order valence-corrected chi connectivity index (χ3v) is 5.07. The molecule has 1 aliphatic carbocycles. The van der Waals surface area contributed by atoms with Gasteiger partial charge in [-0.15, -0.1) is 0 Å². The fourth-order valence-corrected chi connectivity index (χ4v) is 3.84. The summed E-state index contributed by atoms with van der Waals surface area (Å²) in [5.41, 5.74) is -0.412. The molecule has 1 saturated heterocycles. The second-order valence-electron chi connectivity index (χ2n) is 6.54. The predicted octanol–water partition coefficient (Wildman–Crippen LogP) is 3.60. The number of carbonyl (C=O) groups is 2. The van der Waals surface area contributed by atoms with Crippen LogP contribution in [0.4, 0.5) is 18.0 Å². The number of amides is 3. The van der Waals surface area contributed by atoms with Gasteiger partial charge in [-0.05, 0) is 35.6 Å². The molecule has 0 saturated carbocycles. The van der Waals surface area contributed by atoms with Gasteiger partial charge >= 0.3 is 12.2 Å². The van der Waals surface area contributed by atoms with Crippen molar-refractivity contribution in [1.29, 1.82) is 0 Å². The summed E-state index contributed by atoms with van der Waals surface area (Å²) < 4.78 is 39.6. The molecule has 7 heteroatoms. The minimum absolute atomic E-state index is 0.105. The number of urea groups is 1. The first-order valence-electron chi connectivity index (χ1n) is 8.20. The SMILES string of the molecule is O=C1NC2(CCc3ccccc32)C(=O)N1Cc1ccccc1C(F)(F)F. The number of nitrogens with one attached hydrogen (secondary N) is 1. The van der Waals surface area contributed by atoms with Crippen molar-refractivity contribution in [3.05, 3.63) is 70.8 Å². The Morgan fingerprint density at radius 1 is 1.04 bits per heavy atom. The molecular weight excluding hydrogens is 345 g/mol. The van der Waals surface area contributed by atoms with Crippen LogP contribution in [0.15, 0.2) is 48.5 Å². The van der Waals surface area contributed by atoms with Crippen LogP contribution in [0.2, 0.25) is 0 Å². The van der Waals surface area contributed by atoms with Crippen LogP contribution in [-0.2, 0) is 29.5 Å². The number of benzene rings is 2. The minimum Gasteiger partial charge on any atom is -0.319 e. The van der Waals surface area contributed by atoms with Gasteiger partial charge in [0, 0.05) is 0 Å². The van der Waals surface area contributed by atoms with Crippen molar-refractivity contribution >= 4 is 11.9 Å². The standard InChI is InChI=1S/C19H15F3N2O2/c20-19(21,22)15-8-4-2-6-13(15)11-24-16(25)18(23-17(24)26)10-9-12-5-1-3-7-14(12)18/h1-8H,9-11H2,(H,23,26). The number of rotatable bonds is 2. The zero-order valence-corrected chi connectivity index (χ0v) is 13.6. The van der Waals surface area contributed by atoms with Crippen molar-refractivity contribution in [1.82, 2.24) is 10.2 Å². The Morgan fingerprint density at radius 3 is 2.50 bits per heavy atom. The molecule has 1 spiro atoms. The largest absolute Gasteiger partial charge is 0.416 e. The Hall–Kier alpha value is -2.83. The molecule has 4 rings (SSSR count). The number of hydrogen-bond donors (Lipinski definition) is 1. The molecular formula is C19H15F3N2O2. The summed E-state index contributed by atoms with van der Waals surface area (Å²) in [6.07, 6.45) is -3.50. The highest BCUT2D eigenvalue weighted by Crippen LogP contribution is 2.42. The third kappa shape index (κ3) is 2.38. The maximum atomic E-state index is 13.2. The lowest BCUT2D eigenvalue weighted by Crippen LogP contribution is -2.41. The summed E-state index contributed by atoms with van der Waals surface area (Å²) in [5, 5.41) is 2.72. The lowest BCUT2D eigenvalue weighted by molar-refractivity contribution is -0.139. The van der Waals surface area contributed by atoms with Crippen LogP contribution in [-0.4, -0.2) is 16.8 Å². The molecule has 2 aromatic carbocycles. The Balaban J connectivity index is 1.69. The van der Waals surface area contributed by atoms with Crippen molar-refractivity contribution in [2.24, 2.45) is 0 Å². The molecule has 4 nitrogen and oxygen atoms in total. The maximum absolute atomic E-state index is 13.2. The number of alkyl halides is 3. The zero-order chi connectivity index (χ0) is 18.5. The van der Waals surface area contributed by atoms with E-state index in [4.69, 9.17) is 0 Å². The van der Waals surface area contributed by atoms with E-state index in [1.807, 2.05) is 12.1 Å². The summed E-state index contributed by atoms with van der Waals surface area (Å²) in [6, 6.07) is 11.6. The van der Waals surface area contributed by atoms with Gasteiger partial charge in [0.05, 0.1) is 12.1 Å². The summed E-state index contributed by atoms with van der Waals surface area (Å²) >= 11 is 0. The summed E-state index contributed by atoms with van der Waals surface area (Å²) in [5.74, 6) is -0.496. The van der Waals surface area contributed by atoms with E-state index in [0.717, 1.165) is 22.1 Å².